The first kappa shape index (κ1) is 20.3. The van der Waals surface area contributed by atoms with Crippen LogP contribution < -0.4 is 5.32 Å². The standard InChI is InChI=1S/C24H18F2N4O/c1-2-3-12-27-24(31)17-13-20-23(28-14-17)30-22(16-6-10-19(26)11-7-16)21(29-20)15-4-8-18(25)9-5-15/h2,4-11,13-14H,1,3,12H2,(H,27,31). The van der Waals surface area contributed by atoms with Crippen molar-refractivity contribution in [1.82, 2.24) is 20.3 Å². The molecule has 4 rings (SSSR count). The van der Waals surface area contributed by atoms with Gasteiger partial charge in [-0.15, -0.1) is 6.58 Å². The summed E-state index contributed by atoms with van der Waals surface area (Å²) in [7, 11) is 0. The van der Waals surface area contributed by atoms with E-state index >= 15 is 0 Å². The number of aromatic nitrogens is 3. The van der Waals surface area contributed by atoms with Gasteiger partial charge in [0.05, 0.1) is 17.0 Å². The van der Waals surface area contributed by atoms with E-state index in [1.54, 1.807) is 36.4 Å². The van der Waals surface area contributed by atoms with Crippen LogP contribution in [0, 0.1) is 11.6 Å². The van der Waals surface area contributed by atoms with E-state index in [1.807, 2.05) is 0 Å². The predicted molar refractivity (Wildman–Crippen MR) is 115 cm³/mol. The van der Waals surface area contributed by atoms with Crippen molar-refractivity contribution in [1.29, 1.82) is 0 Å². The SMILES string of the molecule is C=CCCNC(=O)c1cnc2nc(-c3ccc(F)cc3)c(-c3ccc(F)cc3)nc2c1. The summed E-state index contributed by atoms with van der Waals surface area (Å²) >= 11 is 0. The topological polar surface area (TPSA) is 67.8 Å². The molecular formula is C24H18F2N4O. The van der Waals surface area contributed by atoms with Crippen LogP contribution in [0.2, 0.25) is 0 Å². The average molecular weight is 416 g/mol. The maximum Gasteiger partial charge on any atom is 0.252 e. The van der Waals surface area contributed by atoms with Gasteiger partial charge in [-0.2, -0.15) is 0 Å². The number of amides is 1. The lowest BCUT2D eigenvalue weighted by atomic mass is 10.0. The van der Waals surface area contributed by atoms with Gasteiger partial charge in [-0.05, 0) is 61.0 Å². The molecule has 0 bridgehead atoms. The fraction of sp³-hybridized carbons (Fsp3) is 0.0833. The molecule has 0 saturated heterocycles. The molecule has 0 atom stereocenters. The van der Waals surface area contributed by atoms with Gasteiger partial charge < -0.3 is 5.32 Å². The molecule has 2 heterocycles. The smallest absolute Gasteiger partial charge is 0.252 e. The van der Waals surface area contributed by atoms with Gasteiger partial charge in [-0.1, -0.05) is 6.08 Å². The highest BCUT2D eigenvalue weighted by molar-refractivity contribution is 5.97. The van der Waals surface area contributed by atoms with Crippen LogP contribution in [0.25, 0.3) is 33.7 Å². The molecule has 2 aromatic heterocycles. The highest BCUT2D eigenvalue weighted by atomic mass is 19.1. The molecule has 1 amide bonds. The first-order valence-corrected chi connectivity index (χ1v) is 9.64. The third kappa shape index (κ3) is 4.45. The largest absolute Gasteiger partial charge is 0.352 e. The number of nitrogens with zero attached hydrogens (tertiary/aromatic N) is 3. The number of carbonyl (C=O) groups is 1. The molecule has 0 aliphatic carbocycles. The highest BCUT2D eigenvalue weighted by Gasteiger charge is 2.16. The number of benzene rings is 2. The lowest BCUT2D eigenvalue weighted by Gasteiger charge is -2.11. The van der Waals surface area contributed by atoms with Crippen LogP contribution in [-0.2, 0) is 0 Å². The molecule has 0 fully saturated rings. The van der Waals surface area contributed by atoms with Gasteiger partial charge in [0, 0.05) is 23.9 Å². The molecule has 154 valence electrons. The van der Waals surface area contributed by atoms with Gasteiger partial charge in [-0.3, -0.25) is 4.79 Å². The van der Waals surface area contributed by atoms with Crippen molar-refractivity contribution in [3.63, 3.8) is 0 Å². The zero-order valence-corrected chi connectivity index (χ0v) is 16.5. The Kier molecular flexibility index (Phi) is 5.75. The summed E-state index contributed by atoms with van der Waals surface area (Å²) in [5, 5.41) is 2.78. The zero-order chi connectivity index (χ0) is 21.8. The van der Waals surface area contributed by atoms with Crippen LogP contribution in [0.15, 0.2) is 73.4 Å². The van der Waals surface area contributed by atoms with Crippen molar-refractivity contribution in [2.24, 2.45) is 0 Å². The minimum absolute atomic E-state index is 0.274. The van der Waals surface area contributed by atoms with Crippen molar-refractivity contribution in [3.05, 3.63) is 90.6 Å². The number of carbonyl (C=O) groups excluding carboxylic acids is 1. The molecule has 31 heavy (non-hydrogen) atoms. The summed E-state index contributed by atoms with van der Waals surface area (Å²) in [5.41, 5.74) is 3.35. The first-order chi connectivity index (χ1) is 15.0. The Morgan fingerprint density at radius 2 is 1.52 bits per heavy atom. The second-order valence-corrected chi connectivity index (χ2v) is 6.83. The Hall–Kier alpha value is -4.00. The molecule has 5 nitrogen and oxygen atoms in total. The van der Waals surface area contributed by atoms with E-state index < -0.39 is 0 Å². The molecule has 0 unspecified atom stereocenters. The van der Waals surface area contributed by atoms with E-state index in [2.05, 4.69) is 26.8 Å². The van der Waals surface area contributed by atoms with E-state index in [9.17, 15) is 13.6 Å². The van der Waals surface area contributed by atoms with E-state index in [4.69, 9.17) is 0 Å². The van der Waals surface area contributed by atoms with Crippen LogP contribution in [0.3, 0.4) is 0 Å². The Bertz CT molecular complexity index is 1260. The highest BCUT2D eigenvalue weighted by Crippen LogP contribution is 2.31. The van der Waals surface area contributed by atoms with Gasteiger partial charge in [0.25, 0.3) is 5.91 Å². The Morgan fingerprint density at radius 1 is 0.935 bits per heavy atom. The normalized spacial score (nSPS) is 10.8. The molecule has 4 aromatic rings. The first-order valence-electron chi connectivity index (χ1n) is 9.64. The van der Waals surface area contributed by atoms with Gasteiger partial charge in [-0.25, -0.2) is 23.7 Å². The monoisotopic (exact) mass is 416 g/mol. The molecule has 7 heteroatoms. The van der Waals surface area contributed by atoms with Crippen molar-refractivity contribution in [2.45, 2.75) is 6.42 Å². The second kappa shape index (κ2) is 8.79. The molecule has 2 aromatic carbocycles. The molecule has 0 aliphatic rings. The minimum Gasteiger partial charge on any atom is -0.352 e. The van der Waals surface area contributed by atoms with E-state index in [0.29, 0.717) is 52.2 Å². The van der Waals surface area contributed by atoms with Crippen LogP contribution in [-0.4, -0.2) is 27.4 Å². The minimum atomic E-state index is -0.374. The van der Waals surface area contributed by atoms with E-state index in [-0.39, 0.29) is 17.5 Å². The number of fused-ring (bicyclic) bond motifs is 1. The summed E-state index contributed by atoms with van der Waals surface area (Å²) in [4.78, 5) is 26.0. The molecular weight excluding hydrogens is 398 g/mol. The van der Waals surface area contributed by atoms with Gasteiger partial charge in [0.15, 0.2) is 5.65 Å². The zero-order valence-electron chi connectivity index (χ0n) is 16.5. The Morgan fingerprint density at radius 3 is 2.10 bits per heavy atom. The van der Waals surface area contributed by atoms with E-state index in [1.165, 1.54) is 30.5 Å². The molecule has 0 saturated carbocycles. The van der Waals surface area contributed by atoms with Crippen molar-refractivity contribution in [3.8, 4) is 22.5 Å². The number of nitrogens with one attached hydrogen (secondary N) is 1. The maximum absolute atomic E-state index is 13.5. The summed E-state index contributed by atoms with van der Waals surface area (Å²) in [6.07, 6.45) is 3.81. The fourth-order valence-corrected chi connectivity index (χ4v) is 3.08. The van der Waals surface area contributed by atoms with Crippen LogP contribution in [0.4, 0.5) is 8.78 Å². The number of rotatable bonds is 6. The number of pyridine rings is 1. The summed E-state index contributed by atoms with van der Waals surface area (Å²) in [6, 6.07) is 13.3. The second-order valence-electron chi connectivity index (χ2n) is 6.83. The fourth-order valence-electron chi connectivity index (χ4n) is 3.08. The van der Waals surface area contributed by atoms with Crippen LogP contribution in [0.1, 0.15) is 16.8 Å². The summed E-state index contributed by atoms with van der Waals surface area (Å²) in [5.74, 6) is -1.02. The van der Waals surface area contributed by atoms with Gasteiger partial charge >= 0.3 is 0 Å². The third-order valence-corrected chi connectivity index (χ3v) is 4.65. The number of halogens is 2. The van der Waals surface area contributed by atoms with Crippen molar-refractivity contribution >= 4 is 17.1 Å². The molecule has 0 radical (unpaired) electrons. The van der Waals surface area contributed by atoms with Crippen molar-refractivity contribution in [2.75, 3.05) is 6.54 Å². The Balaban J connectivity index is 1.84. The lowest BCUT2D eigenvalue weighted by Crippen LogP contribution is -2.24. The van der Waals surface area contributed by atoms with Gasteiger partial charge in [0.2, 0.25) is 0 Å². The summed E-state index contributed by atoms with van der Waals surface area (Å²) in [6.45, 7) is 4.10. The van der Waals surface area contributed by atoms with E-state index in [0.717, 1.165) is 0 Å². The molecule has 1 N–H and O–H groups in total. The van der Waals surface area contributed by atoms with Crippen molar-refractivity contribution < 1.29 is 13.6 Å². The quantitative estimate of drug-likeness (QED) is 0.357. The lowest BCUT2D eigenvalue weighted by molar-refractivity contribution is 0.0954. The number of hydrogen-bond donors (Lipinski definition) is 1. The van der Waals surface area contributed by atoms with Crippen LogP contribution >= 0.6 is 0 Å². The average Bonchev–Trinajstić information content (AvgIpc) is 2.79. The maximum atomic E-state index is 13.5. The van der Waals surface area contributed by atoms with Gasteiger partial charge in [0.1, 0.15) is 17.2 Å². The summed E-state index contributed by atoms with van der Waals surface area (Å²) < 4.78 is 26.9. The van der Waals surface area contributed by atoms with Crippen LogP contribution in [0.5, 0.6) is 0 Å². The number of hydrogen-bond acceptors (Lipinski definition) is 4. The molecule has 0 spiro atoms. The third-order valence-electron chi connectivity index (χ3n) is 4.65. The Labute approximate surface area is 177 Å². The molecule has 0 aliphatic heterocycles. The predicted octanol–water partition coefficient (Wildman–Crippen LogP) is 4.94.